The van der Waals surface area contributed by atoms with E-state index in [1.807, 2.05) is 12.1 Å². The Hall–Kier alpha value is -1.22. The van der Waals surface area contributed by atoms with Gasteiger partial charge in [-0.05, 0) is 37.1 Å². The monoisotopic (exact) mass is 477 g/mol. The standard InChI is InChI=1S/C19H31N3O3.HI/c1-7-20-18(21-11-19(3)12-25-13-19)22(4)10-15-9-17(24-6)16(23-5)8-14(15)2;/h8-9H,7,10-13H2,1-6H3,(H,20,21);1H. The van der Waals surface area contributed by atoms with Gasteiger partial charge >= 0.3 is 0 Å². The topological polar surface area (TPSA) is 55.3 Å². The van der Waals surface area contributed by atoms with Gasteiger partial charge in [-0.15, -0.1) is 24.0 Å². The highest BCUT2D eigenvalue weighted by molar-refractivity contribution is 14.0. The van der Waals surface area contributed by atoms with Crippen molar-refractivity contribution in [2.45, 2.75) is 27.3 Å². The first-order valence-corrected chi connectivity index (χ1v) is 8.71. The van der Waals surface area contributed by atoms with Crippen molar-refractivity contribution in [3.63, 3.8) is 0 Å². The minimum absolute atomic E-state index is 0. The Labute approximate surface area is 174 Å². The number of hydrogen-bond donors (Lipinski definition) is 1. The van der Waals surface area contributed by atoms with Crippen molar-refractivity contribution in [2.24, 2.45) is 10.4 Å². The van der Waals surface area contributed by atoms with Crippen LogP contribution >= 0.6 is 24.0 Å². The highest BCUT2D eigenvalue weighted by Crippen LogP contribution is 2.31. The minimum atomic E-state index is 0. The zero-order valence-corrected chi connectivity index (χ0v) is 19.0. The first-order valence-electron chi connectivity index (χ1n) is 8.71. The number of rotatable bonds is 7. The van der Waals surface area contributed by atoms with Gasteiger partial charge in [-0.2, -0.15) is 0 Å². The number of aryl methyl sites for hydroxylation is 1. The molecule has 1 heterocycles. The summed E-state index contributed by atoms with van der Waals surface area (Å²) in [5.41, 5.74) is 2.52. The predicted molar refractivity (Wildman–Crippen MR) is 116 cm³/mol. The lowest BCUT2D eigenvalue weighted by Crippen LogP contribution is -2.44. The van der Waals surface area contributed by atoms with E-state index in [9.17, 15) is 0 Å². The molecule has 0 unspecified atom stereocenters. The van der Waals surface area contributed by atoms with Crippen LogP contribution in [0.3, 0.4) is 0 Å². The molecule has 148 valence electrons. The summed E-state index contributed by atoms with van der Waals surface area (Å²) >= 11 is 0. The molecule has 0 bridgehead atoms. The van der Waals surface area contributed by atoms with Crippen molar-refractivity contribution in [1.29, 1.82) is 0 Å². The van der Waals surface area contributed by atoms with Crippen LogP contribution in [-0.4, -0.2) is 58.4 Å². The number of ether oxygens (including phenoxy) is 3. The number of halogens is 1. The zero-order valence-electron chi connectivity index (χ0n) is 16.7. The lowest BCUT2D eigenvalue weighted by molar-refractivity contribution is -0.0946. The van der Waals surface area contributed by atoms with Gasteiger partial charge in [0.2, 0.25) is 0 Å². The van der Waals surface area contributed by atoms with Crippen LogP contribution < -0.4 is 14.8 Å². The van der Waals surface area contributed by atoms with Gasteiger partial charge in [-0.25, -0.2) is 0 Å². The van der Waals surface area contributed by atoms with Crippen molar-refractivity contribution in [3.8, 4) is 11.5 Å². The molecule has 1 fully saturated rings. The summed E-state index contributed by atoms with van der Waals surface area (Å²) in [7, 11) is 5.37. The smallest absolute Gasteiger partial charge is 0.193 e. The second-order valence-electron chi connectivity index (χ2n) is 6.96. The van der Waals surface area contributed by atoms with Crippen molar-refractivity contribution in [3.05, 3.63) is 23.3 Å². The summed E-state index contributed by atoms with van der Waals surface area (Å²) in [5, 5.41) is 3.37. The van der Waals surface area contributed by atoms with Crippen molar-refractivity contribution in [1.82, 2.24) is 10.2 Å². The van der Waals surface area contributed by atoms with Crippen LogP contribution in [0.25, 0.3) is 0 Å². The SMILES string of the molecule is CCNC(=NCC1(C)COC1)N(C)Cc1cc(OC)c(OC)cc1C.I. The molecule has 0 amide bonds. The van der Waals surface area contributed by atoms with Gasteiger partial charge in [0.05, 0.1) is 34.0 Å². The van der Waals surface area contributed by atoms with Crippen molar-refractivity contribution < 1.29 is 14.2 Å². The molecule has 26 heavy (non-hydrogen) atoms. The van der Waals surface area contributed by atoms with E-state index in [2.05, 4.69) is 38.0 Å². The van der Waals surface area contributed by atoms with Gasteiger partial charge < -0.3 is 24.4 Å². The average molecular weight is 477 g/mol. The number of methoxy groups -OCH3 is 2. The molecule has 1 N–H and O–H groups in total. The number of hydrogen-bond acceptors (Lipinski definition) is 4. The molecule has 6 nitrogen and oxygen atoms in total. The first-order chi connectivity index (χ1) is 11.9. The summed E-state index contributed by atoms with van der Waals surface area (Å²) in [6.45, 7) is 10.3. The Bertz CT molecular complexity index is 618. The van der Waals surface area contributed by atoms with E-state index >= 15 is 0 Å². The van der Waals surface area contributed by atoms with Crippen LogP contribution in [0.15, 0.2) is 17.1 Å². The van der Waals surface area contributed by atoms with Gasteiger partial charge in [0.1, 0.15) is 0 Å². The van der Waals surface area contributed by atoms with Crippen molar-refractivity contribution >= 4 is 29.9 Å². The second kappa shape index (κ2) is 10.2. The number of aliphatic imine (C=N–C) groups is 1. The van der Waals surface area contributed by atoms with Gasteiger partial charge in [-0.3, -0.25) is 4.99 Å². The maximum absolute atomic E-state index is 5.43. The van der Waals surface area contributed by atoms with Gasteiger partial charge in [0.25, 0.3) is 0 Å². The molecular formula is C19H32IN3O3. The molecule has 1 saturated heterocycles. The van der Waals surface area contributed by atoms with Gasteiger partial charge in [0, 0.05) is 25.6 Å². The number of nitrogens with one attached hydrogen (secondary N) is 1. The van der Waals surface area contributed by atoms with E-state index in [0.717, 1.165) is 50.3 Å². The van der Waals surface area contributed by atoms with Crippen LogP contribution in [0.2, 0.25) is 0 Å². The van der Waals surface area contributed by atoms with E-state index in [0.29, 0.717) is 0 Å². The Morgan fingerprint density at radius 1 is 1.27 bits per heavy atom. The first kappa shape index (κ1) is 22.8. The highest BCUT2D eigenvalue weighted by Gasteiger charge is 2.33. The molecule has 0 aliphatic carbocycles. The molecule has 1 aromatic rings. The summed E-state index contributed by atoms with van der Waals surface area (Å²) < 4.78 is 16.1. The maximum Gasteiger partial charge on any atom is 0.193 e. The zero-order chi connectivity index (χ0) is 18.4. The third kappa shape index (κ3) is 5.64. The number of guanidine groups is 1. The minimum Gasteiger partial charge on any atom is -0.493 e. The number of benzene rings is 1. The largest absolute Gasteiger partial charge is 0.493 e. The number of nitrogens with zero attached hydrogens (tertiary/aromatic N) is 2. The lowest BCUT2D eigenvalue weighted by atomic mass is 9.89. The fourth-order valence-corrected chi connectivity index (χ4v) is 2.80. The summed E-state index contributed by atoms with van der Waals surface area (Å²) in [5.74, 6) is 2.41. The molecular weight excluding hydrogens is 445 g/mol. The van der Waals surface area contributed by atoms with Crippen LogP contribution in [-0.2, 0) is 11.3 Å². The molecule has 1 aliphatic heterocycles. The fourth-order valence-electron chi connectivity index (χ4n) is 2.80. The average Bonchev–Trinajstić information content (AvgIpc) is 2.58. The molecule has 0 radical (unpaired) electrons. The molecule has 0 saturated carbocycles. The van der Waals surface area contributed by atoms with Gasteiger partial charge in [-0.1, -0.05) is 6.92 Å². The summed E-state index contributed by atoms with van der Waals surface area (Å²) in [4.78, 5) is 6.94. The predicted octanol–water partition coefficient (Wildman–Crippen LogP) is 3.06. The molecule has 1 aliphatic rings. The Kier molecular flexibility index (Phi) is 8.95. The highest BCUT2D eigenvalue weighted by atomic mass is 127. The van der Waals surface area contributed by atoms with Crippen LogP contribution in [0.1, 0.15) is 25.0 Å². The third-order valence-corrected chi connectivity index (χ3v) is 4.46. The van der Waals surface area contributed by atoms with E-state index in [4.69, 9.17) is 19.2 Å². The maximum atomic E-state index is 5.43. The van der Waals surface area contributed by atoms with Crippen molar-refractivity contribution in [2.75, 3.05) is 47.6 Å². The molecule has 7 heteroatoms. The van der Waals surface area contributed by atoms with E-state index in [-0.39, 0.29) is 29.4 Å². The fraction of sp³-hybridized carbons (Fsp3) is 0.632. The van der Waals surface area contributed by atoms with Crippen LogP contribution in [0.4, 0.5) is 0 Å². The lowest BCUT2D eigenvalue weighted by Gasteiger charge is -2.37. The quantitative estimate of drug-likeness (QED) is 0.372. The molecule has 0 atom stereocenters. The van der Waals surface area contributed by atoms with Crippen LogP contribution in [0.5, 0.6) is 11.5 Å². The molecule has 0 aromatic heterocycles. The van der Waals surface area contributed by atoms with Gasteiger partial charge in [0.15, 0.2) is 17.5 Å². The summed E-state index contributed by atoms with van der Waals surface area (Å²) in [6.07, 6.45) is 0. The Morgan fingerprint density at radius 2 is 1.88 bits per heavy atom. The summed E-state index contributed by atoms with van der Waals surface area (Å²) in [6, 6.07) is 4.05. The third-order valence-electron chi connectivity index (χ3n) is 4.46. The Balaban J connectivity index is 0.00000338. The molecule has 2 rings (SSSR count). The molecule has 1 aromatic carbocycles. The molecule has 0 spiro atoms. The Morgan fingerprint density at radius 3 is 2.38 bits per heavy atom. The van der Waals surface area contributed by atoms with E-state index in [1.165, 1.54) is 11.1 Å². The van der Waals surface area contributed by atoms with E-state index < -0.39 is 0 Å². The second-order valence-corrected chi connectivity index (χ2v) is 6.96. The van der Waals surface area contributed by atoms with E-state index in [1.54, 1.807) is 14.2 Å². The normalized spacial score (nSPS) is 15.5. The van der Waals surface area contributed by atoms with Crippen LogP contribution in [0, 0.1) is 12.3 Å².